The number of piperidine rings is 1. The number of allylic oxidation sites excluding steroid dienone is 2. The fourth-order valence-electron chi connectivity index (χ4n) is 7.19. The molecule has 0 aromatic carbocycles. The lowest BCUT2D eigenvalue weighted by atomic mass is 9.84. The monoisotopic (exact) mass is 683 g/mol. The first kappa shape index (κ1) is 32.0. The highest BCUT2D eigenvalue weighted by Crippen LogP contribution is 2.67. The number of nitrogens with one attached hydrogen (secondary N) is 4. The van der Waals surface area contributed by atoms with Crippen LogP contribution in [-0.2, 0) is 37.9 Å². The van der Waals surface area contributed by atoms with Crippen LogP contribution in [0.1, 0.15) is 60.3 Å². The van der Waals surface area contributed by atoms with Gasteiger partial charge < -0.3 is 40.7 Å². The minimum absolute atomic E-state index is 0.0258. The number of aryl methyl sites for hydroxylation is 4. The second-order valence-electron chi connectivity index (χ2n) is 13.0. The number of hydrogen-bond donors (Lipinski definition) is 5. The van der Waals surface area contributed by atoms with Gasteiger partial charge in [0.15, 0.2) is 5.78 Å². The number of amides is 5. The molecule has 6 N–H and O–H groups in total. The Balaban J connectivity index is 0.959. The van der Waals surface area contributed by atoms with Crippen molar-refractivity contribution in [3.63, 3.8) is 0 Å². The molecule has 2 fully saturated rings. The third-order valence-electron chi connectivity index (χ3n) is 9.64. The molecule has 5 heterocycles. The first-order chi connectivity index (χ1) is 23.3. The first-order valence-electron chi connectivity index (χ1n) is 15.9. The molecule has 7 rings (SSSR count). The summed E-state index contributed by atoms with van der Waals surface area (Å²) >= 11 is 1.50. The van der Waals surface area contributed by atoms with Crippen molar-refractivity contribution < 1.29 is 24.0 Å². The van der Waals surface area contributed by atoms with Crippen LogP contribution in [0.25, 0.3) is 0 Å². The molecule has 0 radical (unpaired) electrons. The molecule has 0 bridgehead atoms. The number of carbonyl (C=O) groups excluding carboxylic acids is 5. The van der Waals surface area contributed by atoms with Crippen molar-refractivity contribution in [1.29, 1.82) is 0 Å². The number of carbonyl (C=O) groups is 5. The molecular formula is C34H37N9O5S. The summed E-state index contributed by atoms with van der Waals surface area (Å²) in [6.45, 7) is 3.19. The summed E-state index contributed by atoms with van der Waals surface area (Å²) in [5.74, 6) is -0.945. The summed E-state index contributed by atoms with van der Waals surface area (Å²) in [5, 5.41) is 13.9. The van der Waals surface area contributed by atoms with Crippen LogP contribution in [0.2, 0.25) is 0 Å². The van der Waals surface area contributed by atoms with E-state index >= 15 is 0 Å². The molecule has 15 heteroatoms. The second-order valence-corrected chi connectivity index (χ2v) is 13.9. The summed E-state index contributed by atoms with van der Waals surface area (Å²) < 4.78 is 5.21. The van der Waals surface area contributed by atoms with Crippen LogP contribution in [0.4, 0.5) is 21.9 Å². The van der Waals surface area contributed by atoms with Gasteiger partial charge in [0.25, 0.3) is 11.8 Å². The lowest BCUT2D eigenvalue weighted by molar-refractivity contribution is -0.117. The minimum Gasteiger partial charge on any atom is -0.378 e. The highest BCUT2D eigenvalue weighted by Gasteiger charge is 2.68. The van der Waals surface area contributed by atoms with Gasteiger partial charge in [0.05, 0.1) is 28.5 Å². The zero-order valence-electron chi connectivity index (χ0n) is 27.5. The number of anilines is 3. The first-order valence-corrected chi connectivity index (χ1v) is 16.8. The zero-order chi connectivity index (χ0) is 34.8. The average Bonchev–Trinajstić information content (AvgIpc) is 3.55. The number of thiophene rings is 1. The summed E-state index contributed by atoms with van der Waals surface area (Å²) in [7, 11) is 5.34. The van der Waals surface area contributed by atoms with Crippen molar-refractivity contribution in [2.75, 3.05) is 29.0 Å². The van der Waals surface area contributed by atoms with Crippen LogP contribution in [-0.4, -0.2) is 61.2 Å². The van der Waals surface area contributed by atoms with Gasteiger partial charge in [-0.15, -0.1) is 11.3 Å². The van der Waals surface area contributed by atoms with Crippen LogP contribution in [0.15, 0.2) is 53.9 Å². The molecule has 14 nitrogen and oxygen atoms in total. The van der Waals surface area contributed by atoms with Gasteiger partial charge in [0.1, 0.15) is 11.4 Å². The van der Waals surface area contributed by atoms with Gasteiger partial charge in [0, 0.05) is 82.1 Å². The summed E-state index contributed by atoms with van der Waals surface area (Å²) in [6.07, 6.45) is 7.94. The molecule has 5 amide bonds. The number of hydrogen-bond acceptors (Lipinski definition) is 7. The lowest BCUT2D eigenvalue weighted by Crippen LogP contribution is -2.36. The molecule has 1 spiro atoms. The van der Waals surface area contributed by atoms with E-state index in [-0.39, 0.29) is 42.0 Å². The number of ketones is 1. The highest BCUT2D eigenvalue weighted by atomic mass is 32.1. The maximum atomic E-state index is 13.5. The van der Waals surface area contributed by atoms with E-state index in [0.717, 1.165) is 39.5 Å². The Kier molecular flexibility index (Phi) is 7.73. The quantitative estimate of drug-likeness (QED) is 0.171. The van der Waals surface area contributed by atoms with Gasteiger partial charge in [-0.05, 0) is 54.0 Å². The van der Waals surface area contributed by atoms with Gasteiger partial charge in [-0.2, -0.15) is 0 Å². The van der Waals surface area contributed by atoms with Crippen LogP contribution in [0, 0.1) is 12.8 Å². The fraction of sp³-hybridized carbons (Fsp3) is 0.324. The Morgan fingerprint density at radius 3 is 2.37 bits per heavy atom. The Hall–Kier alpha value is -5.57. The molecule has 1 saturated heterocycles. The van der Waals surface area contributed by atoms with E-state index in [9.17, 15) is 24.0 Å². The molecule has 2 atom stereocenters. The van der Waals surface area contributed by atoms with E-state index < -0.39 is 5.91 Å². The van der Waals surface area contributed by atoms with Crippen LogP contribution < -0.4 is 27.0 Å². The zero-order valence-corrected chi connectivity index (χ0v) is 28.4. The molecule has 2 aliphatic carbocycles. The largest absolute Gasteiger partial charge is 0.378 e. The maximum Gasteiger partial charge on any atom is 0.326 e. The number of nitrogens with two attached hydrogens (primary N) is 1. The van der Waals surface area contributed by atoms with Gasteiger partial charge >= 0.3 is 6.03 Å². The van der Waals surface area contributed by atoms with Gasteiger partial charge in [-0.25, -0.2) is 4.79 Å². The predicted octanol–water partition coefficient (Wildman–Crippen LogP) is 3.43. The standard InChI is InChI=1S/C34H37N9O5S/c1-18-17-49-30-26(44)10-27-34(29(18)30)11-19(34)13-43(27)33(48)39-21-7-23(40(2)15-21)12-37-20-8-25(41(3)14-20)32(47)38-22-9-24(42(4)16-22)31(46)36-6-5-28(35)45/h7-10,14-17,19,37H,5-6,11-13H2,1-4H3,(H2,35,45)(H,36,46)(H,38,47)(H,39,48)/t19-,34+/m0/s1. The van der Waals surface area contributed by atoms with E-state index in [1.54, 1.807) is 58.7 Å². The van der Waals surface area contributed by atoms with Crippen molar-refractivity contribution in [1.82, 2.24) is 23.9 Å². The fourth-order valence-corrected chi connectivity index (χ4v) is 8.24. The Bertz CT molecular complexity index is 2100. The molecule has 4 aromatic rings. The van der Waals surface area contributed by atoms with Crippen molar-refractivity contribution in [3.8, 4) is 0 Å². The van der Waals surface area contributed by atoms with Gasteiger partial charge in [-0.3, -0.25) is 24.1 Å². The smallest absolute Gasteiger partial charge is 0.326 e. The molecular weight excluding hydrogens is 646 g/mol. The van der Waals surface area contributed by atoms with E-state index in [0.29, 0.717) is 41.8 Å². The third-order valence-corrected chi connectivity index (χ3v) is 10.7. The van der Waals surface area contributed by atoms with Crippen LogP contribution >= 0.6 is 11.3 Å². The minimum atomic E-state index is -0.508. The topological polar surface area (TPSA) is 178 Å². The lowest BCUT2D eigenvalue weighted by Gasteiger charge is -2.28. The average molecular weight is 684 g/mol. The van der Waals surface area contributed by atoms with Crippen molar-refractivity contribution in [3.05, 3.63) is 87.0 Å². The SMILES string of the molecule is Cc1csc2c1[C@]13C[C@H]1CN(C(=O)Nc1cc(CNc4cc(C(=O)Nc5cc(C(=O)NCCC(N)=O)n(C)c5)n(C)c4)n(C)c1)C3=CC2=O. The van der Waals surface area contributed by atoms with Gasteiger partial charge in [-0.1, -0.05) is 0 Å². The van der Waals surface area contributed by atoms with Crippen molar-refractivity contribution >= 4 is 57.9 Å². The molecule has 254 valence electrons. The third kappa shape index (κ3) is 5.59. The number of primary amides is 1. The number of likely N-dealkylation sites (tertiary alicyclic amines) is 1. The van der Waals surface area contributed by atoms with Crippen molar-refractivity contribution in [2.24, 2.45) is 32.8 Å². The number of aromatic nitrogens is 3. The van der Waals surface area contributed by atoms with E-state index in [1.807, 2.05) is 36.2 Å². The summed E-state index contributed by atoms with van der Waals surface area (Å²) in [5.41, 5.74) is 11.4. The second kappa shape index (κ2) is 11.8. The Morgan fingerprint density at radius 2 is 1.61 bits per heavy atom. The van der Waals surface area contributed by atoms with Crippen molar-refractivity contribution in [2.45, 2.75) is 31.7 Å². The molecule has 4 aromatic heterocycles. The van der Waals surface area contributed by atoms with Crippen LogP contribution in [0.5, 0.6) is 0 Å². The van der Waals surface area contributed by atoms with E-state index in [1.165, 1.54) is 11.3 Å². The molecule has 3 aliphatic rings. The number of urea groups is 1. The normalized spacial score (nSPS) is 18.7. The molecule has 0 unspecified atom stereocenters. The Labute approximate surface area is 285 Å². The summed E-state index contributed by atoms with van der Waals surface area (Å²) in [4.78, 5) is 65.5. The number of rotatable bonds is 10. The molecule has 1 aliphatic heterocycles. The van der Waals surface area contributed by atoms with E-state index in [4.69, 9.17) is 5.73 Å². The Morgan fingerprint density at radius 1 is 0.939 bits per heavy atom. The number of fused-ring (bicyclic) bond motifs is 1. The molecule has 1 saturated carbocycles. The van der Waals surface area contributed by atoms with Gasteiger partial charge in [0.2, 0.25) is 5.91 Å². The highest BCUT2D eigenvalue weighted by molar-refractivity contribution is 7.12. The van der Waals surface area contributed by atoms with Crippen LogP contribution in [0.3, 0.4) is 0 Å². The summed E-state index contributed by atoms with van der Waals surface area (Å²) in [6, 6.07) is 4.93. The number of nitrogens with zero attached hydrogens (tertiary/aromatic N) is 4. The maximum absolute atomic E-state index is 13.5. The molecule has 49 heavy (non-hydrogen) atoms. The van der Waals surface area contributed by atoms with E-state index in [2.05, 4.69) is 21.3 Å². The predicted molar refractivity (Wildman–Crippen MR) is 185 cm³/mol.